The van der Waals surface area contributed by atoms with E-state index in [1.807, 2.05) is 30.3 Å². The number of nitrogens with zero attached hydrogens (tertiary/aromatic N) is 1. The molecule has 0 bridgehead atoms. The van der Waals surface area contributed by atoms with Crippen molar-refractivity contribution >= 4 is 11.6 Å². The van der Waals surface area contributed by atoms with Gasteiger partial charge in [0.25, 0.3) is 0 Å². The van der Waals surface area contributed by atoms with Gasteiger partial charge in [0.15, 0.2) is 0 Å². The first-order valence-electron chi connectivity index (χ1n) is 6.66. The van der Waals surface area contributed by atoms with E-state index in [-0.39, 0.29) is 0 Å². The lowest BCUT2D eigenvalue weighted by Crippen LogP contribution is -2.37. The van der Waals surface area contributed by atoms with Gasteiger partial charge in [0.05, 0.1) is 6.04 Å². The largest absolute Gasteiger partial charge is 0.325 e. The SMILES string of the molecule is CC(N=C(NN)Nc1ccccc1)C1CCCC1. The molecule has 98 valence electrons. The van der Waals surface area contributed by atoms with Crippen LogP contribution in [0, 0.1) is 5.92 Å². The van der Waals surface area contributed by atoms with Crippen LogP contribution in [-0.2, 0) is 0 Å². The van der Waals surface area contributed by atoms with E-state index < -0.39 is 0 Å². The van der Waals surface area contributed by atoms with Crippen LogP contribution in [0.5, 0.6) is 0 Å². The van der Waals surface area contributed by atoms with Crippen LogP contribution in [0.3, 0.4) is 0 Å². The maximum absolute atomic E-state index is 5.52. The topological polar surface area (TPSA) is 62.4 Å². The molecule has 1 aromatic carbocycles. The Morgan fingerprint density at radius 2 is 1.94 bits per heavy atom. The molecule has 0 aromatic heterocycles. The number of nitrogens with one attached hydrogen (secondary N) is 2. The van der Waals surface area contributed by atoms with Crippen molar-refractivity contribution in [1.82, 2.24) is 5.43 Å². The molecule has 0 amide bonds. The molecule has 4 N–H and O–H groups in total. The van der Waals surface area contributed by atoms with Crippen LogP contribution in [0.1, 0.15) is 32.6 Å². The summed E-state index contributed by atoms with van der Waals surface area (Å²) in [5.74, 6) is 6.86. The van der Waals surface area contributed by atoms with Crippen molar-refractivity contribution < 1.29 is 0 Å². The maximum Gasteiger partial charge on any atom is 0.210 e. The summed E-state index contributed by atoms with van der Waals surface area (Å²) in [7, 11) is 0. The van der Waals surface area contributed by atoms with Crippen LogP contribution >= 0.6 is 0 Å². The van der Waals surface area contributed by atoms with Gasteiger partial charge in [-0.2, -0.15) is 0 Å². The van der Waals surface area contributed by atoms with Crippen molar-refractivity contribution in [2.45, 2.75) is 38.6 Å². The second-order valence-electron chi connectivity index (χ2n) is 4.90. The van der Waals surface area contributed by atoms with E-state index >= 15 is 0 Å². The Hall–Kier alpha value is -1.55. The Labute approximate surface area is 109 Å². The van der Waals surface area contributed by atoms with Crippen molar-refractivity contribution in [3.05, 3.63) is 30.3 Å². The van der Waals surface area contributed by atoms with Crippen LogP contribution < -0.4 is 16.6 Å². The first-order valence-corrected chi connectivity index (χ1v) is 6.66. The molecule has 0 saturated heterocycles. The molecule has 0 spiro atoms. The van der Waals surface area contributed by atoms with Crippen LogP contribution in [-0.4, -0.2) is 12.0 Å². The van der Waals surface area contributed by atoms with Crippen molar-refractivity contribution in [2.75, 3.05) is 5.32 Å². The summed E-state index contributed by atoms with van der Waals surface area (Å²) in [6.07, 6.45) is 5.24. The number of guanidine groups is 1. The van der Waals surface area contributed by atoms with E-state index in [4.69, 9.17) is 5.84 Å². The first-order chi connectivity index (χ1) is 8.79. The molecule has 2 rings (SSSR count). The van der Waals surface area contributed by atoms with Gasteiger partial charge in [-0.1, -0.05) is 31.0 Å². The van der Waals surface area contributed by atoms with Gasteiger partial charge in [-0.05, 0) is 37.8 Å². The van der Waals surface area contributed by atoms with Gasteiger partial charge in [-0.3, -0.25) is 5.43 Å². The Balaban J connectivity index is 1.98. The minimum atomic E-state index is 0.315. The molecule has 1 aliphatic carbocycles. The summed E-state index contributed by atoms with van der Waals surface area (Å²) in [5.41, 5.74) is 3.64. The minimum Gasteiger partial charge on any atom is -0.325 e. The molecule has 1 aliphatic rings. The lowest BCUT2D eigenvalue weighted by molar-refractivity contribution is 0.459. The lowest BCUT2D eigenvalue weighted by atomic mass is 10.0. The van der Waals surface area contributed by atoms with E-state index in [0.29, 0.717) is 17.9 Å². The Morgan fingerprint density at radius 3 is 2.56 bits per heavy atom. The molecular weight excluding hydrogens is 224 g/mol. The maximum atomic E-state index is 5.52. The lowest BCUT2D eigenvalue weighted by Gasteiger charge is -2.17. The summed E-state index contributed by atoms with van der Waals surface area (Å²) in [6.45, 7) is 2.17. The predicted molar refractivity (Wildman–Crippen MR) is 76.2 cm³/mol. The van der Waals surface area contributed by atoms with E-state index in [2.05, 4.69) is 22.7 Å². The van der Waals surface area contributed by atoms with Gasteiger partial charge in [-0.15, -0.1) is 0 Å². The van der Waals surface area contributed by atoms with Gasteiger partial charge >= 0.3 is 0 Å². The second-order valence-corrected chi connectivity index (χ2v) is 4.90. The average Bonchev–Trinajstić information content (AvgIpc) is 2.93. The number of hydrogen-bond donors (Lipinski definition) is 3. The molecule has 0 heterocycles. The van der Waals surface area contributed by atoms with Crippen LogP contribution in [0.2, 0.25) is 0 Å². The standard InChI is InChI=1S/C14H22N4/c1-11(12-7-5-6-8-12)16-14(18-15)17-13-9-3-2-4-10-13/h2-4,9-12H,5-8,15H2,1H3,(H2,16,17,18). The fourth-order valence-corrected chi connectivity index (χ4v) is 2.51. The fraction of sp³-hybridized carbons (Fsp3) is 0.500. The van der Waals surface area contributed by atoms with E-state index in [9.17, 15) is 0 Å². The minimum absolute atomic E-state index is 0.315. The molecule has 1 atom stereocenters. The Kier molecular flexibility index (Phi) is 4.59. The molecule has 4 heteroatoms. The summed E-state index contributed by atoms with van der Waals surface area (Å²) < 4.78 is 0. The van der Waals surface area contributed by atoms with Crippen molar-refractivity contribution in [2.24, 2.45) is 16.8 Å². The smallest absolute Gasteiger partial charge is 0.210 e. The third-order valence-electron chi connectivity index (χ3n) is 3.59. The highest BCUT2D eigenvalue weighted by molar-refractivity contribution is 5.93. The molecule has 1 saturated carbocycles. The molecule has 0 radical (unpaired) electrons. The van der Waals surface area contributed by atoms with Crippen LogP contribution in [0.4, 0.5) is 5.69 Å². The van der Waals surface area contributed by atoms with E-state index in [0.717, 1.165) is 5.69 Å². The number of hydrogen-bond acceptors (Lipinski definition) is 2. The third kappa shape index (κ3) is 3.47. The molecular formula is C14H22N4. The number of rotatable bonds is 3. The quantitative estimate of drug-likeness (QED) is 0.332. The molecule has 1 aromatic rings. The van der Waals surface area contributed by atoms with Gasteiger partial charge in [0, 0.05) is 5.69 Å². The number of benzene rings is 1. The Bertz CT molecular complexity index is 382. The third-order valence-corrected chi connectivity index (χ3v) is 3.59. The molecule has 1 unspecified atom stereocenters. The molecule has 18 heavy (non-hydrogen) atoms. The fourth-order valence-electron chi connectivity index (χ4n) is 2.51. The average molecular weight is 246 g/mol. The van der Waals surface area contributed by atoms with Crippen molar-refractivity contribution in [1.29, 1.82) is 0 Å². The highest BCUT2D eigenvalue weighted by atomic mass is 15.3. The predicted octanol–water partition coefficient (Wildman–Crippen LogP) is 2.50. The summed E-state index contributed by atoms with van der Waals surface area (Å²) in [4.78, 5) is 4.64. The van der Waals surface area contributed by atoms with Gasteiger partial charge in [-0.25, -0.2) is 10.8 Å². The van der Waals surface area contributed by atoms with E-state index in [1.54, 1.807) is 0 Å². The zero-order valence-corrected chi connectivity index (χ0v) is 10.9. The van der Waals surface area contributed by atoms with Gasteiger partial charge in [0.2, 0.25) is 5.96 Å². The Morgan fingerprint density at radius 1 is 1.28 bits per heavy atom. The van der Waals surface area contributed by atoms with Crippen LogP contribution in [0.15, 0.2) is 35.3 Å². The second kappa shape index (κ2) is 6.40. The highest BCUT2D eigenvalue weighted by Crippen LogP contribution is 2.29. The normalized spacial score (nSPS) is 18.7. The molecule has 1 fully saturated rings. The van der Waals surface area contributed by atoms with Gasteiger partial charge in [0.1, 0.15) is 0 Å². The monoisotopic (exact) mass is 246 g/mol. The summed E-state index contributed by atoms with van der Waals surface area (Å²) in [5, 5.41) is 3.20. The summed E-state index contributed by atoms with van der Waals surface area (Å²) in [6, 6.07) is 10.3. The number of aliphatic imine (C=N–C) groups is 1. The highest BCUT2D eigenvalue weighted by Gasteiger charge is 2.21. The van der Waals surface area contributed by atoms with Gasteiger partial charge < -0.3 is 5.32 Å². The van der Waals surface area contributed by atoms with Crippen molar-refractivity contribution in [3.8, 4) is 0 Å². The first kappa shape index (κ1) is 12.9. The number of anilines is 1. The summed E-state index contributed by atoms with van der Waals surface area (Å²) >= 11 is 0. The number of nitrogens with two attached hydrogens (primary N) is 1. The zero-order valence-electron chi connectivity index (χ0n) is 10.9. The van der Waals surface area contributed by atoms with Crippen molar-refractivity contribution in [3.63, 3.8) is 0 Å². The van der Waals surface area contributed by atoms with Crippen LogP contribution in [0.25, 0.3) is 0 Å². The number of hydrazine groups is 1. The molecule has 4 nitrogen and oxygen atoms in total. The number of para-hydroxylation sites is 1. The van der Waals surface area contributed by atoms with E-state index in [1.165, 1.54) is 25.7 Å². The molecule has 0 aliphatic heterocycles. The zero-order chi connectivity index (χ0) is 12.8.